The lowest BCUT2D eigenvalue weighted by atomic mass is 10.1. The van der Waals surface area contributed by atoms with Crippen LogP contribution < -0.4 is 5.32 Å². The second-order valence-corrected chi connectivity index (χ2v) is 9.63. The van der Waals surface area contributed by atoms with Crippen molar-refractivity contribution >= 4 is 40.9 Å². The molecule has 35 heavy (non-hydrogen) atoms. The fourth-order valence-corrected chi connectivity index (χ4v) is 5.14. The van der Waals surface area contributed by atoms with Crippen molar-refractivity contribution in [3.63, 3.8) is 0 Å². The fourth-order valence-electron chi connectivity index (χ4n) is 4.26. The smallest absolute Gasteiger partial charge is 0.254 e. The van der Waals surface area contributed by atoms with Crippen molar-refractivity contribution in [1.82, 2.24) is 19.7 Å². The van der Waals surface area contributed by atoms with Crippen molar-refractivity contribution < 1.29 is 9.59 Å². The van der Waals surface area contributed by atoms with Gasteiger partial charge >= 0.3 is 0 Å². The van der Waals surface area contributed by atoms with Crippen LogP contribution >= 0.6 is 23.4 Å². The summed E-state index contributed by atoms with van der Waals surface area (Å²) in [6.07, 6.45) is 4.29. The van der Waals surface area contributed by atoms with Crippen molar-refractivity contribution in [1.29, 1.82) is 0 Å². The Balaban J connectivity index is 1.49. The maximum atomic E-state index is 13.2. The van der Waals surface area contributed by atoms with Gasteiger partial charge in [0.2, 0.25) is 5.91 Å². The number of hydrogen-bond acceptors (Lipinski definition) is 5. The monoisotopic (exact) mass is 509 g/mol. The number of allylic oxidation sites excluding steroid dienone is 1. The highest BCUT2D eigenvalue weighted by molar-refractivity contribution is 7.99. The lowest BCUT2D eigenvalue weighted by molar-refractivity contribution is -0.113. The molecule has 1 aliphatic rings. The number of para-hydroxylation sites is 1. The molecule has 9 heteroatoms. The molecule has 7 nitrogen and oxygen atoms in total. The Hall–Kier alpha value is -3.10. The molecule has 182 valence electrons. The molecule has 1 unspecified atom stereocenters. The zero-order valence-electron chi connectivity index (χ0n) is 19.6. The maximum Gasteiger partial charge on any atom is 0.254 e. The van der Waals surface area contributed by atoms with Gasteiger partial charge in [0.15, 0.2) is 11.0 Å². The first kappa shape index (κ1) is 25.0. The molecule has 0 saturated carbocycles. The molecule has 1 aliphatic heterocycles. The van der Waals surface area contributed by atoms with E-state index >= 15 is 0 Å². The number of rotatable bonds is 9. The summed E-state index contributed by atoms with van der Waals surface area (Å²) in [5.74, 6) is 0.751. The minimum absolute atomic E-state index is 0.0551. The molecule has 2 aromatic carbocycles. The summed E-state index contributed by atoms with van der Waals surface area (Å²) in [5, 5.41) is 13.0. The average molecular weight is 510 g/mol. The fraction of sp³-hybridized carbons (Fsp3) is 0.308. The summed E-state index contributed by atoms with van der Waals surface area (Å²) in [7, 11) is 0. The number of halogens is 1. The van der Waals surface area contributed by atoms with Crippen LogP contribution in [0.25, 0.3) is 0 Å². The van der Waals surface area contributed by atoms with E-state index in [4.69, 9.17) is 11.6 Å². The van der Waals surface area contributed by atoms with Gasteiger partial charge < -0.3 is 14.8 Å². The molecule has 2 amide bonds. The second-order valence-electron chi connectivity index (χ2n) is 8.25. The third kappa shape index (κ3) is 5.77. The first-order chi connectivity index (χ1) is 17.0. The Morgan fingerprint density at radius 3 is 2.71 bits per heavy atom. The summed E-state index contributed by atoms with van der Waals surface area (Å²) in [4.78, 5) is 27.7. The van der Waals surface area contributed by atoms with Crippen LogP contribution in [0.1, 0.15) is 47.6 Å². The number of carbonyl (C=O) groups is 2. The Kier molecular flexibility index (Phi) is 8.25. The van der Waals surface area contributed by atoms with Crippen molar-refractivity contribution in [2.45, 2.75) is 43.9 Å². The maximum absolute atomic E-state index is 13.2. The van der Waals surface area contributed by atoms with Crippen molar-refractivity contribution in [3.05, 3.63) is 83.2 Å². The van der Waals surface area contributed by atoms with E-state index < -0.39 is 0 Å². The van der Waals surface area contributed by atoms with E-state index in [1.54, 1.807) is 30.3 Å². The zero-order valence-corrected chi connectivity index (χ0v) is 21.2. The molecule has 0 aliphatic carbocycles. The Labute approximate surface area is 214 Å². The lowest BCUT2D eigenvalue weighted by Gasteiger charge is -2.24. The van der Waals surface area contributed by atoms with Crippen LogP contribution in [0.3, 0.4) is 0 Å². The molecule has 0 bridgehead atoms. The van der Waals surface area contributed by atoms with Gasteiger partial charge in [0.1, 0.15) is 0 Å². The number of carbonyl (C=O) groups excluding carboxylic acids is 2. The Morgan fingerprint density at radius 1 is 1.20 bits per heavy atom. The van der Waals surface area contributed by atoms with Gasteiger partial charge in [-0.1, -0.05) is 54.6 Å². The molecule has 1 saturated heterocycles. The van der Waals surface area contributed by atoms with Crippen molar-refractivity contribution in [2.24, 2.45) is 0 Å². The number of thioether (sulfide) groups is 1. The summed E-state index contributed by atoms with van der Waals surface area (Å²) in [6.45, 7) is 7.06. The number of likely N-dealkylation sites (tertiary alicyclic amines) is 1. The highest BCUT2D eigenvalue weighted by atomic mass is 35.5. The first-order valence-corrected chi connectivity index (χ1v) is 13.0. The SMILES string of the molecule is C=CCn1c(SCC(=O)Nc2ccccc2CC)nnc1C1CCCN1C(=O)c1ccc(Cl)cc1. The molecule has 0 radical (unpaired) electrons. The van der Waals surface area contributed by atoms with Gasteiger partial charge in [0.25, 0.3) is 5.91 Å². The zero-order chi connectivity index (χ0) is 24.8. The minimum Gasteiger partial charge on any atom is -0.328 e. The van der Waals surface area contributed by atoms with E-state index in [1.807, 2.05) is 33.7 Å². The molecule has 4 rings (SSSR count). The van der Waals surface area contributed by atoms with Crippen LogP contribution in [-0.4, -0.2) is 43.8 Å². The van der Waals surface area contributed by atoms with Gasteiger partial charge in [-0.3, -0.25) is 9.59 Å². The molecular weight excluding hydrogens is 482 g/mol. The highest BCUT2D eigenvalue weighted by Gasteiger charge is 2.34. The number of hydrogen-bond donors (Lipinski definition) is 1. The van der Waals surface area contributed by atoms with Crippen LogP contribution in [0.15, 0.2) is 66.3 Å². The van der Waals surface area contributed by atoms with Crippen molar-refractivity contribution in [3.8, 4) is 0 Å². The third-order valence-corrected chi connectivity index (χ3v) is 7.18. The van der Waals surface area contributed by atoms with Crippen molar-refractivity contribution in [2.75, 3.05) is 17.6 Å². The van der Waals surface area contributed by atoms with Gasteiger partial charge in [-0.2, -0.15) is 0 Å². The standard InChI is InChI=1S/C26H28ClN5O2S/c1-3-15-32-24(22-10-7-16-31(22)25(34)19-11-13-20(27)14-12-19)29-30-26(32)35-17-23(33)28-21-9-6-5-8-18(21)4-2/h3,5-6,8-9,11-14,22H,1,4,7,10,15-17H2,2H3,(H,28,33). The minimum atomic E-state index is -0.190. The van der Waals surface area contributed by atoms with Gasteiger partial charge in [0.05, 0.1) is 11.8 Å². The van der Waals surface area contributed by atoms with Crippen LogP contribution in [0.5, 0.6) is 0 Å². The number of benzene rings is 2. The largest absolute Gasteiger partial charge is 0.328 e. The summed E-state index contributed by atoms with van der Waals surface area (Å²) in [6, 6.07) is 14.5. The van der Waals surface area contributed by atoms with Gasteiger partial charge in [-0.25, -0.2) is 0 Å². The third-order valence-electron chi connectivity index (χ3n) is 5.96. The van der Waals surface area contributed by atoms with Crippen LogP contribution in [0, 0.1) is 0 Å². The van der Waals surface area contributed by atoms with E-state index in [9.17, 15) is 9.59 Å². The quantitative estimate of drug-likeness (QED) is 0.309. The molecular formula is C26H28ClN5O2S. The Bertz CT molecular complexity index is 1210. The van der Waals surface area contributed by atoms with E-state index in [2.05, 4.69) is 29.0 Å². The van der Waals surface area contributed by atoms with Crippen LogP contribution in [-0.2, 0) is 17.8 Å². The van der Waals surface area contributed by atoms with E-state index in [0.717, 1.165) is 30.5 Å². The van der Waals surface area contributed by atoms with E-state index in [-0.39, 0.29) is 23.6 Å². The molecule has 0 spiro atoms. The van der Waals surface area contributed by atoms with Crippen LogP contribution in [0.4, 0.5) is 5.69 Å². The molecule has 2 heterocycles. The van der Waals surface area contributed by atoms with Crippen LogP contribution in [0.2, 0.25) is 5.02 Å². The number of amides is 2. The van der Waals surface area contributed by atoms with Gasteiger partial charge in [-0.15, -0.1) is 16.8 Å². The number of aryl methyl sites for hydroxylation is 1. The average Bonchev–Trinajstić information content (AvgIpc) is 3.50. The summed E-state index contributed by atoms with van der Waals surface area (Å²) in [5.41, 5.74) is 2.51. The molecule has 1 aromatic heterocycles. The normalized spacial score (nSPS) is 15.3. The highest BCUT2D eigenvalue weighted by Crippen LogP contribution is 2.34. The molecule has 1 atom stereocenters. The van der Waals surface area contributed by atoms with E-state index in [0.29, 0.717) is 34.7 Å². The number of anilines is 1. The van der Waals surface area contributed by atoms with Gasteiger partial charge in [-0.05, 0) is 55.2 Å². The first-order valence-electron chi connectivity index (χ1n) is 11.6. The molecule has 1 N–H and O–H groups in total. The van der Waals surface area contributed by atoms with Gasteiger partial charge in [0, 0.05) is 29.4 Å². The topological polar surface area (TPSA) is 80.1 Å². The second kappa shape index (κ2) is 11.6. The Morgan fingerprint density at radius 2 is 1.97 bits per heavy atom. The predicted molar refractivity (Wildman–Crippen MR) is 140 cm³/mol. The molecule has 1 fully saturated rings. The molecule has 3 aromatic rings. The summed E-state index contributed by atoms with van der Waals surface area (Å²) >= 11 is 7.31. The number of nitrogens with zero attached hydrogens (tertiary/aromatic N) is 4. The summed E-state index contributed by atoms with van der Waals surface area (Å²) < 4.78 is 1.95. The predicted octanol–water partition coefficient (Wildman–Crippen LogP) is 5.39. The number of nitrogens with one attached hydrogen (secondary N) is 1. The number of aromatic nitrogens is 3. The lowest BCUT2D eigenvalue weighted by Crippen LogP contribution is -2.32. The van der Waals surface area contributed by atoms with E-state index in [1.165, 1.54) is 11.8 Å².